The Balaban J connectivity index is 0.000000301. The molecule has 2 atom stereocenters. The van der Waals surface area contributed by atoms with Crippen molar-refractivity contribution in [3.8, 4) is 5.75 Å². The summed E-state index contributed by atoms with van der Waals surface area (Å²) < 4.78 is 74.9. The van der Waals surface area contributed by atoms with Crippen molar-refractivity contribution in [3.05, 3.63) is 46.7 Å². The van der Waals surface area contributed by atoms with Gasteiger partial charge in [-0.1, -0.05) is 0 Å². The van der Waals surface area contributed by atoms with Crippen molar-refractivity contribution < 1.29 is 55.6 Å². The number of anilines is 1. The molecule has 1 aromatic carbocycles. The summed E-state index contributed by atoms with van der Waals surface area (Å²) in [6.45, 7) is 4.01. The molecule has 4 rings (SSSR count). The molecule has 2 aliphatic heterocycles. The Labute approximate surface area is 217 Å². The Hall–Kier alpha value is -3.04. The number of nitrogens with zero attached hydrogens (tertiary/aromatic N) is 1. The topological polar surface area (TPSA) is 108 Å². The predicted molar refractivity (Wildman–Crippen MR) is 125 cm³/mol. The largest absolute Gasteiger partial charge is 0.497 e. The Morgan fingerprint density at radius 2 is 1.68 bits per heavy atom. The van der Waals surface area contributed by atoms with E-state index in [1.807, 2.05) is 12.1 Å². The third-order valence-electron chi connectivity index (χ3n) is 5.54. The Morgan fingerprint density at radius 3 is 2.16 bits per heavy atom. The highest BCUT2D eigenvalue weighted by atomic mass is 32.1. The Kier molecular flexibility index (Phi) is 10.8. The van der Waals surface area contributed by atoms with Gasteiger partial charge in [-0.15, -0.1) is 0 Å². The van der Waals surface area contributed by atoms with E-state index in [0.29, 0.717) is 6.04 Å². The number of aliphatic carboxylic acids is 2. The van der Waals surface area contributed by atoms with Crippen LogP contribution in [0.3, 0.4) is 0 Å². The summed E-state index contributed by atoms with van der Waals surface area (Å²) in [6.07, 6.45) is -7.95. The first-order valence-electron chi connectivity index (χ1n) is 11.0. The number of hydrogen-bond donors (Lipinski definition) is 3. The number of halogens is 6. The van der Waals surface area contributed by atoms with Gasteiger partial charge < -0.3 is 25.0 Å². The summed E-state index contributed by atoms with van der Waals surface area (Å²) in [7, 11) is 1.69. The average molecular weight is 573 g/mol. The summed E-state index contributed by atoms with van der Waals surface area (Å²) in [5, 5.41) is 22.3. The second kappa shape index (κ2) is 13.2. The van der Waals surface area contributed by atoms with Gasteiger partial charge in [0, 0.05) is 31.7 Å². The number of carbonyl (C=O) groups is 2. The molecule has 2 aromatic rings. The SMILES string of the molecule is COc1ccc(NC2COC3(CCN(Cc4ccsc4)C3)C2)cc1.O=C(O)C(F)(F)F.O=C(O)C(F)(F)F. The number of hydrogen-bond acceptors (Lipinski definition) is 7. The quantitative estimate of drug-likeness (QED) is 0.436. The zero-order valence-electron chi connectivity index (χ0n) is 20.0. The van der Waals surface area contributed by atoms with Crippen LogP contribution in [0.1, 0.15) is 18.4 Å². The summed E-state index contributed by atoms with van der Waals surface area (Å²) >= 11 is 1.77. The van der Waals surface area contributed by atoms with Crippen molar-refractivity contribution in [2.45, 2.75) is 43.4 Å². The van der Waals surface area contributed by atoms with Gasteiger partial charge in [-0.3, -0.25) is 4.90 Å². The molecule has 0 saturated carbocycles. The molecule has 0 bridgehead atoms. The first-order valence-corrected chi connectivity index (χ1v) is 12.0. The van der Waals surface area contributed by atoms with Crippen LogP contribution in [-0.2, 0) is 20.9 Å². The molecule has 3 N–H and O–H groups in total. The lowest BCUT2D eigenvalue weighted by atomic mass is 9.97. The van der Waals surface area contributed by atoms with E-state index in [0.717, 1.165) is 50.5 Å². The number of likely N-dealkylation sites (tertiary alicyclic amines) is 1. The predicted octanol–water partition coefficient (Wildman–Crippen LogP) is 4.87. The van der Waals surface area contributed by atoms with Crippen LogP contribution < -0.4 is 10.1 Å². The van der Waals surface area contributed by atoms with E-state index in [2.05, 4.69) is 39.2 Å². The average Bonchev–Trinajstić information content (AvgIpc) is 3.57. The number of carboxylic acids is 2. The number of methoxy groups -OCH3 is 1. The number of ether oxygens (including phenoxy) is 2. The van der Waals surface area contributed by atoms with Crippen molar-refractivity contribution in [1.29, 1.82) is 0 Å². The third-order valence-corrected chi connectivity index (χ3v) is 6.27. The number of thiophene rings is 1. The second-order valence-electron chi connectivity index (χ2n) is 8.47. The van der Waals surface area contributed by atoms with E-state index in [4.69, 9.17) is 29.3 Å². The van der Waals surface area contributed by atoms with Crippen LogP contribution in [0.5, 0.6) is 5.75 Å². The zero-order valence-corrected chi connectivity index (χ0v) is 20.8. The fraction of sp³-hybridized carbons (Fsp3) is 0.478. The maximum atomic E-state index is 10.6. The number of nitrogens with one attached hydrogen (secondary N) is 1. The lowest BCUT2D eigenvalue weighted by Crippen LogP contribution is -2.33. The minimum absolute atomic E-state index is 0.0418. The van der Waals surface area contributed by atoms with Crippen molar-refractivity contribution in [3.63, 3.8) is 0 Å². The van der Waals surface area contributed by atoms with Crippen LogP contribution in [-0.4, -0.2) is 77.9 Å². The van der Waals surface area contributed by atoms with Gasteiger partial charge in [0.15, 0.2) is 0 Å². The Morgan fingerprint density at radius 1 is 1.11 bits per heavy atom. The van der Waals surface area contributed by atoms with Crippen molar-refractivity contribution in [2.24, 2.45) is 0 Å². The maximum Gasteiger partial charge on any atom is 0.490 e. The highest BCUT2D eigenvalue weighted by Gasteiger charge is 2.45. The van der Waals surface area contributed by atoms with Crippen LogP contribution in [0, 0.1) is 0 Å². The zero-order chi connectivity index (χ0) is 28.6. The van der Waals surface area contributed by atoms with E-state index in [1.54, 1.807) is 18.4 Å². The van der Waals surface area contributed by atoms with Gasteiger partial charge in [0.05, 0.1) is 25.4 Å². The fourth-order valence-electron chi connectivity index (χ4n) is 3.85. The van der Waals surface area contributed by atoms with E-state index in [9.17, 15) is 26.3 Å². The van der Waals surface area contributed by atoms with Crippen LogP contribution in [0.4, 0.5) is 32.0 Å². The molecule has 0 aliphatic carbocycles. The number of rotatable bonds is 5. The molecular formula is C23H26F6N2O6S. The molecule has 1 aromatic heterocycles. The van der Waals surface area contributed by atoms with Crippen molar-refractivity contribution >= 4 is 29.0 Å². The molecule has 38 heavy (non-hydrogen) atoms. The molecule has 15 heteroatoms. The molecule has 2 saturated heterocycles. The molecule has 8 nitrogen and oxygen atoms in total. The minimum atomic E-state index is -5.08. The number of carboxylic acid groups (broad SMARTS) is 2. The lowest BCUT2D eigenvalue weighted by Gasteiger charge is -2.23. The monoisotopic (exact) mass is 572 g/mol. The van der Waals surface area contributed by atoms with E-state index in [1.165, 1.54) is 5.56 Å². The molecule has 1 spiro atoms. The van der Waals surface area contributed by atoms with Gasteiger partial charge in [-0.05, 0) is 53.1 Å². The summed E-state index contributed by atoms with van der Waals surface area (Å²) in [6, 6.07) is 10.7. The standard InChI is InChI=1S/C19H24N2O2S.2C2HF3O2/c1-22-18-4-2-16(3-5-18)20-17-10-19(23-12-17)7-8-21(14-19)11-15-6-9-24-13-15;2*3-2(4,5)1(6)7/h2-6,9,13,17,20H,7-8,10-12,14H2,1H3;2*(H,6,7). The van der Waals surface area contributed by atoms with Crippen LogP contribution >= 0.6 is 11.3 Å². The third kappa shape index (κ3) is 10.0. The molecule has 0 amide bonds. The Bertz CT molecular complexity index is 1010. The van der Waals surface area contributed by atoms with Gasteiger partial charge in [-0.25, -0.2) is 9.59 Å². The maximum absolute atomic E-state index is 10.6. The van der Waals surface area contributed by atoms with Gasteiger partial charge in [0.1, 0.15) is 5.75 Å². The van der Waals surface area contributed by atoms with Crippen LogP contribution in [0.25, 0.3) is 0 Å². The van der Waals surface area contributed by atoms with E-state index in [-0.39, 0.29) is 5.60 Å². The first-order chi connectivity index (χ1) is 17.6. The first kappa shape index (κ1) is 31.2. The van der Waals surface area contributed by atoms with E-state index < -0.39 is 24.3 Å². The van der Waals surface area contributed by atoms with Gasteiger partial charge in [0.2, 0.25) is 0 Å². The van der Waals surface area contributed by atoms with Crippen LogP contribution in [0.15, 0.2) is 41.1 Å². The molecule has 3 heterocycles. The second-order valence-corrected chi connectivity index (χ2v) is 9.25. The molecule has 2 aliphatic rings. The summed E-state index contributed by atoms with van der Waals surface area (Å²) in [4.78, 5) is 20.3. The van der Waals surface area contributed by atoms with E-state index >= 15 is 0 Å². The molecule has 212 valence electrons. The number of alkyl halides is 6. The van der Waals surface area contributed by atoms with Crippen molar-refractivity contribution in [1.82, 2.24) is 4.90 Å². The fourth-order valence-corrected chi connectivity index (χ4v) is 4.51. The smallest absolute Gasteiger partial charge is 0.490 e. The highest BCUT2D eigenvalue weighted by Crippen LogP contribution is 2.37. The highest BCUT2D eigenvalue weighted by molar-refractivity contribution is 7.07. The molecule has 2 fully saturated rings. The summed E-state index contributed by atoms with van der Waals surface area (Å²) in [5.74, 6) is -4.63. The van der Waals surface area contributed by atoms with Gasteiger partial charge >= 0.3 is 24.3 Å². The van der Waals surface area contributed by atoms with Crippen LogP contribution in [0.2, 0.25) is 0 Å². The summed E-state index contributed by atoms with van der Waals surface area (Å²) in [5.41, 5.74) is 2.60. The molecule has 2 unspecified atom stereocenters. The molecular weight excluding hydrogens is 546 g/mol. The van der Waals surface area contributed by atoms with Crippen molar-refractivity contribution in [2.75, 3.05) is 32.1 Å². The normalized spacial score (nSPS) is 21.2. The minimum Gasteiger partial charge on any atom is -0.497 e. The molecule has 0 radical (unpaired) electrons. The lowest BCUT2D eigenvalue weighted by molar-refractivity contribution is -0.193. The van der Waals surface area contributed by atoms with Gasteiger partial charge in [-0.2, -0.15) is 37.7 Å². The van der Waals surface area contributed by atoms with Gasteiger partial charge in [0.25, 0.3) is 0 Å². The number of benzene rings is 1.